The monoisotopic (exact) mass is 245 g/mol. The Morgan fingerprint density at radius 3 is 2.56 bits per heavy atom. The fourth-order valence-electron chi connectivity index (χ4n) is 1.78. The van der Waals surface area contributed by atoms with E-state index in [9.17, 15) is 4.79 Å². The van der Waals surface area contributed by atoms with Crippen LogP contribution < -0.4 is 10.6 Å². The molecule has 4 nitrogen and oxygen atoms in total. The smallest absolute Gasteiger partial charge is 0.253 e. The molecule has 1 heterocycles. The molecule has 1 atom stereocenters. The highest BCUT2D eigenvalue weighted by molar-refractivity contribution is 6.06. The number of hydrogen-bond donors (Lipinski definition) is 2. The zero-order valence-electron chi connectivity index (χ0n) is 11.0. The molecule has 1 aliphatic rings. The number of amides is 1. The Bertz CT molecular complexity index is 462. The quantitative estimate of drug-likeness (QED) is 0.852. The third-order valence-corrected chi connectivity index (χ3v) is 2.81. The Balaban J connectivity index is 2.10. The highest BCUT2D eigenvalue weighted by Crippen LogP contribution is 2.17. The molecule has 4 heteroatoms. The maximum absolute atomic E-state index is 11.9. The summed E-state index contributed by atoms with van der Waals surface area (Å²) < 4.78 is 0. The van der Waals surface area contributed by atoms with Crippen LogP contribution in [0.3, 0.4) is 0 Å². The zero-order chi connectivity index (χ0) is 13.1. The molecule has 1 amide bonds. The van der Waals surface area contributed by atoms with Gasteiger partial charge in [-0.05, 0) is 18.4 Å². The van der Waals surface area contributed by atoms with Crippen molar-refractivity contribution in [3.63, 3.8) is 0 Å². The van der Waals surface area contributed by atoms with Gasteiger partial charge in [0.1, 0.15) is 6.04 Å². The van der Waals surface area contributed by atoms with Crippen LogP contribution in [0.2, 0.25) is 0 Å². The molecule has 1 saturated heterocycles. The Morgan fingerprint density at radius 2 is 1.94 bits per heavy atom. The van der Waals surface area contributed by atoms with Crippen molar-refractivity contribution in [1.82, 2.24) is 10.6 Å². The van der Waals surface area contributed by atoms with Crippen molar-refractivity contribution in [3.8, 4) is 0 Å². The molecule has 96 valence electrons. The van der Waals surface area contributed by atoms with Crippen molar-refractivity contribution in [1.29, 1.82) is 0 Å². The summed E-state index contributed by atoms with van der Waals surface area (Å²) in [5.41, 5.74) is 2.15. The number of hydrogen-bond acceptors (Lipinski definition) is 2. The number of nitrogens with zero attached hydrogens (tertiary/aromatic N) is 1. The standard InChI is InChI=1S/C14H19N3O/c1-9(2)8-15-14-16-12(13(18)17-14)11-6-4-10(3)5-7-11/h4-7,9,12H,8H2,1-3H3,(H2,15,16,17,18). The Morgan fingerprint density at radius 1 is 1.28 bits per heavy atom. The molecule has 0 bridgehead atoms. The summed E-state index contributed by atoms with van der Waals surface area (Å²) in [6.07, 6.45) is 0. The van der Waals surface area contributed by atoms with E-state index >= 15 is 0 Å². The van der Waals surface area contributed by atoms with Crippen LogP contribution in [0.4, 0.5) is 0 Å². The van der Waals surface area contributed by atoms with E-state index in [0.29, 0.717) is 18.4 Å². The van der Waals surface area contributed by atoms with Gasteiger partial charge in [0.2, 0.25) is 0 Å². The van der Waals surface area contributed by atoms with Crippen molar-refractivity contribution in [2.24, 2.45) is 10.9 Å². The van der Waals surface area contributed by atoms with E-state index in [-0.39, 0.29) is 11.9 Å². The van der Waals surface area contributed by atoms with E-state index in [1.165, 1.54) is 5.56 Å². The third kappa shape index (κ3) is 2.88. The van der Waals surface area contributed by atoms with Gasteiger partial charge in [-0.25, -0.2) is 0 Å². The summed E-state index contributed by atoms with van der Waals surface area (Å²) >= 11 is 0. The molecule has 1 aromatic carbocycles. The molecule has 1 aromatic rings. The van der Waals surface area contributed by atoms with Gasteiger partial charge in [0.15, 0.2) is 5.96 Å². The molecule has 0 aromatic heterocycles. The molecule has 1 aliphatic heterocycles. The first-order chi connectivity index (χ1) is 8.56. The van der Waals surface area contributed by atoms with E-state index in [2.05, 4.69) is 29.5 Å². The lowest BCUT2D eigenvalue weighted by atomic mass is 10.1. The highest BCUT2D eigenvalue weighted by Gasteiger charge is 2.29. The molecular weight excluding hydrogens is 226 g/mol. The highest BCUT2D eigenvalue weighted by atomic mass is 16.2. The predicted octanol–water partition coefficient (Wildman–Crippen LogP) is 1.77. The van der Waals surface area contributed by atoms with Gasteiger partial charge in [-0.1, -0.05) is 43.7 Å². The van der Waals surface area contributed by atoms with Crippen LogP contribution in [0.15, 0.2) is 29.3 Å². The van der Waals surface area contributed by atoms with Gasteiger partial charge in [0, 0.05) is 6.54 Å². The normalized spacial score (nSPS) is 21.2. The number of rotatable bonds is 3. The largest absolute Gasteiger partial charge is 0.340 e. The average molecular weight is 245 g/mol. The van der Waals surface area contributed by atoms with Gasteiger partial charge < -0.3 is 5.32 Å². The van der Waals surface area contributed by atoms with Gasteiger partial charge in [0.25, 0.3) is 5.91 Å². The van der Waals surface area contributed by atoms with E-state index in [1.54, 1.807) is 0 Å². The molecule has 1 fully saturated rings. The second kappa shape index (κ2) is 5.21. The summed E-state index contributed by atoms with van der Waals surface area (Å²) in [7, 11) is 0. The fourth-order valence-corrected chi connectivity index (χ4v) is 1.78. The first kappa shape index (κ1) is 12.6. The van der Waals surface area contributed by atoms with Crippen LogP contribution in [-0.2, 0) is 4.79 Å². The maximum atomic E-state index is 11.9. The van der Waals surface area contributed by atoms with E-state index in [4.69, 9.17) is 0 Å². The number of aryl methyl sites for hydroxylation is 1. The van der Waals surface area contributed by atoms with Gasteiger partial charge in [-0.3, -0.25) is 15.1 Å². The fraction of sp³-hybridized carbons (Fsp3) is 0.429. The van der Waals surface area contributed by atoms with Gasteiger partial charge in [-0.2, -0.15) is 0 Å². The topological polar surface area (TPSA) is 53.5 Å². The Labute approximate surface area is 108 Å². The van der Waals surface area contributed by atoms with E-state index in [0.717, 1.165) is 5.56 Å². The first-order valence-corrected chi connectivity index (χ1v) is 6.24. The maximum Gasteiger partial charge on any atom is 0.253 e. The second-order valence-corrected chi connectivity index (χ2v) is 5.06. The van der Waals surface area contributed by atoms with Crippen molar-refractivity contribution in [2.45, 2.75) is 26.8 Å². The minimum Gasteiger partial charge on any atom is -0.340 e. The predicted molar refractivity (Wildman–Crippen MR) is 72.3 cm³/mol. The molecule has 0 saturated carbocycles. The number of aliphatic imine (C=N–C) groups is 1. The molecule has 0 aliphatic carbocycles. The van der Waals surface area contributed by atoms with Crippen molar-refractivity contribution < 1.29 is 4.79 Å². The van der Waals surface area contributed by atoms with Gasteiger partial charge >= 0.3 is 0 Å². The van der Waals surface area contributed by atoms with Crippen LogP contribution in [-0.4, -0.2) is 18.4 Å². The van der Waals surface area contributed by atoms with Crippen LogP contribution in [0.1, 0.15) is 31.0 Å². The minimum absolute atomic E-state index is 0.0404. The SMILES string of the molecule is Cc1ccc(C2NC(=NCC(C)C)NC2=O)cc1. The number of carbonyl (C=O) groups is 1. The molecule has 0 radical (unpaired) electrons. The molecule has 1 unspecified atom stereocenters. The molecule has 18 heavy (non-hydrogen) atoms. The summed E-state index contributed by atoms with van der Waals surface area (Å²) in [6.45, 7) is 6.93. The number of carbonyl (C=O) groups excluding carboxylic acids is 1. The van der Waals surface area contributed by atoms with E-state index < -0.39 is 0 Å². The summed E-state index contributed by atoms with van der Waals surface area (Å²) in [4.78, 5) is 16.2. The lowest BCUT2D eigenvalue weighted by Crippen LogP contribution is -2.26. The van der Waals surface area contributed by atoms with E-state index in [1.807, 2.05) is 31.2 Å². The third-order valence-electron chi connectivity index (χ3n) is 2.81. The minimum atomic E-state index is -0.323. The Kier molecular flexibility index (Phi) is 3.65. The van der Waals surface area contributed by atoms with Crippen molar-refractivity contribution in [3.05, 3.63) is 35.4 Å². The molecule has 2 rings (SSSR count). The second-order valence-electron chi connectivity index (χ2n) is 5.06. The summed E-state index contributed by atoms with van der Waals surface area (Å²) in [5.74, 6) is 1.02. The van der Waals surface area contributed by atoms with Crippen LogP contribution in [0.25, 0.3) is 0 Å². The lowest BCUT2D eigenvalue weighted by molar-refractivity contribution is -0.120. The van der Waals surface area contributed by atoms with Crippen LogP contribution >= 0.6 is 0 Å². The molecular formula is C14H19N3O. The van der Waals surface area contributed by atoms with Crippen molar-refractivity contribution in [2.75, 3.05) is 6.54 Å². The van der Waals surface area contributed by atoms with Crippen LogP contribution in [0.5, 0.6) is 0 Å². The van der Waals surface area contributed by atoms with Gasteiger partial charge in [-0.15, -0.1) is 0 Å². The number of benzene rings is 1. The Hall–Kier alpha value is -1.84. The zero-order valence-corrected chi connectivity index (χ0v) is 11.0. The average Bonchev–Trinajstić information content (AvgIpc) is 2.69. The molecule has 0 spiro atoms. The first-order valence-electron chi connectivity index (χ1n) is 6.24. The number of nitrogens with one attached hydrogen (secondary N) is 2. The van der Waals surface area contributed by atoms with Crippen LogP contribution in [0, 0.1) is 12.8 Å². The lowest BCUT2D eigenvalue weighted by Gasteiger charge is -2.08. The van der Waals surface area contributed by atoms with Gasteiger partial charge in [0.05, 0.1) is 0 Å². The summed E-state index contributed by atoms with van der Waals surface area (Å²) in [6, 6.07) is 7.63. The molecule has 2 N–H and O–H groups in total. The van der Waals surface area contributed by atoms with Crippen molar-refractivity contribution >= 4 is 11.9 Å². The number of guanidine groups is 1. The summed E-state index contributed by atoms with van der Waals surface area (Å²) in [5, 5.41) is 5.89.